The topological polar surface area (TPSA) is 82.0 Å². The first kappa shape index (κ1) is 28.4. The molecule has 5 heteroatoms. The van der Waals surface area contributed by atoms with E-state index in [0.29, 0.717) is 0 Å². The molecule has 2 N–H and O–H groups in total. The van der Waals surface area contributed by atoms with Crippen molar-refractivity contribution in [2.24, 2.45) is 0 Å². The molecule has 1 rings (SSSR count). The van der Waals surface area contributed by atoms with Gasteiger partial charge in [0, 0.05) is 0 Å². The van der Waals surface area contributed by atoms with Crippen LogP contribution >= 0.6 is 0 Å². The number of hydrogen-bond acceptors (Lipinski definition) is 4. The molecule has 5 nitrogen and oxygen atoms in total. The van der Waals surface area contributed by atoms with Crippen LogP contribution in [0.25, 0.3) is 0 Å². The second-order valence-corrected chi connectivity index (χ2v) is 9.43. The van der Waals surface area contributed by atoms with Crippen molar-refractivity contribution in [2.45, 2.75) is 142 Å². The van der Waals surface area contributed by atoms with Gasteiger partial charge < -0.3 is 15.8 Å². The lowest BCUT2D eigenvalue weighted by Gasteiger charge is -2.06. The summed E-state index contributed by atoms with van der Waals surface area (Å²) in [6, 6.07) is 1.80. The van der Waals surface area contributed by atoms with Crippen LogP contribution in [0.2, 0.25) is 0 Å². The third kappa shape index (κ3) is 14.4. The lowest BCUT2D eigenvalue weighted by Crippen LogP contribution is -2.02. The number of anilines is 1. The maximum Gasteiger partial charge on any atom is 0.386 e. The zero-order valence-electron chi connectivity index (χ0n) is 20.8. The van der Waals surface area contributed by atoms with E-state index < -0.39 is 4.92 Å². The van der Waals surface area contributed by atoms with Gasteiger partial charge in [-0.1, -0.05) is 129 Å². The molecule has 0 bridgehead atoms. The highest BCUT2D eigenvalue weighted by Crippen LogP contribution is 2.23. The number of aryl methyl sites for hydroxylation is 1. The van der Waals surface area contributed by atoms with Gasteiger partial charge in [-0.3, -0.25) is 0 Å². The second-order valence-electron chi connectivity index (χ2n) is 9.43. The molecule has 0 aliphatic heterocycles. The molecular weight excluding hydrogens is 398 g/mol. The molecule has 0 aliphatic carbocycles. The summed E-state index contributed by atoms with van der Waals surface area (Å²) in [5.41, 5.74) is 6.95. The largest absolute Gasteiger partial charge is 0.392 e. The first-order valence-electron chi connectivity index (χ1n) is 13.5. The Hall–Kier alpha value is -1.65. The Balaban J connectivity index is 1.82. The summed E-state index contributed by atoms with van der Waals surface area (Å²) in [4.78, 5) is 14.1. The molecule has 0 unspecified atom stereocenters. The SMILES string of the molecule is CCCCCCCCCCCCCCCCCCCCCCc1ccnc([N+](=O)[O-])c1N. The number of nitro groups is 1. The van der Waals surface area contributed by atoms with Crippen molar-refractivity contribution in [2.75, 3.05) is 5.73 Å². The number of pyridine rings is 1. The second kappa shape index (κ2) is 20.0. The van der Waals surface area contributed by atoms with Gasteiger partial charge in [-0.05, 0) is 34.4 Å². The van der Waals surface area contributed by atoms with E-state index in [1.807, 2.05) is 0 Å². The number of rotatable bonds is 22. The molecule has 0 saturated carbocycles. The third-order valence-electron chi connectivity index (χ3n) is 6.53. The van der Waals surface area contributed by atoms with Crippen molar-refractivity contribution < 1.29 is 4.92 Å². The molecule has 1 aromatic rings. The fourth-order valence-electron chi connectivity index (χ4n) is 4.43. The summed E-state index contributed by atoms with van der Waals surface area (Å²) in [5, 5.41) is 10.9. The number of hydrogen-bond donors (Lipinski definition) is 1. The molecule has 0 aliphatic rings. The average molecular weight is 448 g/mol. The Morgan fingerprint density at radius 2 is 1.09 bits per heavy atom. The first-order chi connectivity index (χ1) is 15.7. The van der Waals surface area contributed by atoms with E-state index in [1.54, 1.807) is 6.07 Å². The molecule has 0 atom stereocenters. The van der Waals surface area contributed by atoms with Gasteiger partial charge in [-0.2, -0.15) is 0 Å². The first-order valence-corrected chi connectivity index (χ1v) is 13.5. The maximum absolute atomic E-state index is 10.9. The molecule has 0 fully saturated rings. The minimum absolute atomic E-state index is 0.212. The Labute approximate surface area is 197 Å². The number of nitrogens with two attached hydrogens (primary N) is 1. The van der Waals surface area contributed by atoms with E-state index in [1.165, 1.54) is 122 Å². The van der Waals surface area contributed by atoms with Gasteiger partial charge in [0.05, 0.1) is 0 Å². The maximum atomic E-state index is 10.9. The van der Waals surface area contributed by atoms with Crippen molar-refractivity contribution in [3.05, 3.63) is 27.9 Å². The third-order valence-corrected chi connectivity index (χ3v) is 6.53. The lowest BCUT2D eigenvalue weighted by molar-refractivity contribution is -0.388. The smallest absolute Gasteiger partial charge is 0.386 e. The molecular formula is C27H49N3O2. The summed E-state index contributed by atoms with van der Waals surface area (Å²) in [6.45, 7) is 2.28. The summed E-state index contributed by atoms with van der Waals surface area (Å²) >= 11 is 0. The zero-order chi connectivity index (χ0) is 23.3. The van der Waals surface area contributed by atoms with Crippen LogP contribution in [0.1, 0.15) is 141 Å². The van der Waals surface area contributed by atoms with Crippen LogP contribution in [0, 0.1) is 10.1 Å². The highest BCUT2D eigenvalue weighted by atomic mass is 16.6. The number of nitrogens with zero attached hydrogens (tertiary/aromatic N) is 2. The molecule has 0 saturated heterocycles. The molecule has 0 spiro atoms. The van der Waals surface area contributed by atoms with E-state index in [-0.39, 0.29) is 11.5 Å². The minimum atomic E-state index is -0.504. The fraction of sp³-hybridized carbons (Fsp3) is 0.815. The Bertz CT molecular complexity index is 592. The summed E-state index contributed by atoms with van der Waals surface area (Å²) in [7, 11) is 0. The Morgan fingerprint density at radius 1 is 0.719 bits per heavy atom. The van der Waals surface area contributed by atoms with Crippen LogP contribution in [-0.4, -0.2) is 9.91 Å². The minimum Gasteiger partial charge on any atom is -0.392 e. The van der Waals surface area contributed by atoms with E-state index in [4.69, 9.17) is 5.73 Å². The van der Waals surface area contributed by atoms with Crippen LogP contribution < -0.4 is 5.73 Å². The van der Waals surface area contributed by atoms with Crippen molar-refractivity contribution in [3.63, 3.8) is 0 Å². The molecule has 1 aromatic heterocycles. The lowest BCUT2D eigenvalue weighted by atomic mass is 10.0. The summed E-state index contributed by atoms with van der Waals surface area (Å²) in [5.74, 6) is -0.212. The van der Waals surface area contributed by atoms with Crippen LogP contribution in [0.4, 0.5) is 11.5 Å². The summed E-state index contributed by atoms with van der Waals surface area (Å²) in [6.07, 6.45) is 29.6. The average Bonchev–Trinajstić information content (AvgIpc) is 2.78. The van der Waals surface area contributed by atoms with Gasteiger partial charge in [0.25, 0.3) is 0 Å². The van der Waals surface area contributed by atoms with Gasteiger partial charge >= 0.3 is 5.82 Å². The summed E-state index contributed by atoms with van der Waals surface area (Å²) < 4.78 is 0. The number of unbranched alkanes of at least 4 members (excludes halogenated alkanes) is 19. The predicted molar refractivity (Wildman–Crippen MR) is 137 cm³/mol. The number of aromatic nitrogens is 1. The normalized spacial score (nSPS) is 11.2. The number of nitrogen functional groups attached to an aromatic ring is 1. The molecule has 32 heavy (non-hydrogen) atoms. The Kier molecular flexibility index (Phi) is 17.7. The molecule has 1 heterocycles. The monoisotopic (exact) mass is 447 g/mol. The molecule has 0 radical (unpaired) electrons. The van der Waals surface area contributed by atoms with Crippen LogP contribution in [-0.2, 0) is 6.42 Å². The van der Waals surface area contributed by atoms with Crippen molar-refractivity contribution in [1.82, 2.24) is 4.98 Å². The predicted octanol–water partition coefficient (Wildman–Crippen LogP) is 8.94. The van der Waals surface area contributed by atoms with Gasteiger partial charge in [-0.15, -0.1) is 0 Å². The van der Waals surface area contributed by atoms with Gasteiger partial charge in [0.15, 0.2) is 0 Å². The van der Waals surface area contributed by atoms with Crippen LogP contribution in [0.5, 0.6) is 0 Å². The highest BCUT2D eigenvalue weighted by Gasteiger charge is 2.15. The Morgan fingerprint density at radius 3 is 1.47 bits per heavy atom. The van der Waals surface area contributed by atoms with Crippen molar-refractivity contribution in [3.8, 4) is 0 Å². The fourth-order valence-corrected chi connectivity index (χ4v) is 4.43. The molecule has 0 amide bonds. The molecule has 0 aromatic carbocycles. The van der Waals surface area contributed by atoms with E-state index in [0.717, 1.165) is 24.8 Å². The highest BCUT2D eigenvalue weighted by molar-refractivity contribution is 5.58. The quantitative estimate of drug-likeness (QED) is 0.109. The molecule has 184 valence electrons. The van der Waals surface area contributed by atoms with E-state index in [9.17, 15) is 10.1 Å². The van der Waals surface area contributed by atoms with E-state index in [2.05, 4.69) is 11.9 Å². The van der Waals surface area contributed by atoms with Crippen LogP contribution in [0.3, 0.4) is 0 Å². The van der Waals surface area contributed by atoms with Crippen molar-refractivity contribution >= 4 is 11.5 Å². The zero-order valence-corrected chi connectivity index (χ0v) is 20.8. The van der Waals surface area contributed by atoms with Crippen LogP contribution in [0.15, 0.2) is 12.3 Å². The standard InChI is InChI=1S/C27H49N3O2/c1-2-3-4-5-6-7-8-9-10-11-12-13-14-15-16-17-18-19-20-21-22-25-23-24-29-27(26(25)28)30(31)32/h23-24H,2-22,28H2,1H3. The van der Waals surface area contributed by atoms with Gasteiger partial charge in [0.2, 0.25) is 0 Å². The van der Waals surface area contributed by atoms with E-state index >= 15 is 0 Å². The van der Waals surface area contributed by atoms with Gasteiger partial charge in [0.1, 0.15) is 11.9 Å². The van der Waals surface area contributed by atoms with Crippen molar-refractivity contribution in [1.29, 1.82) is 0 Å². The van der Waals surface area contributed by atoms with Gasteiger partial charge in [-0.25, -0.2) is 0 Å².